The van der Waals surface area contributed by atoms with Gasteiger partial charge in [-0.1, -0.05) is 66.7 Å². The Hall–Kier alpha value is -2.82. The fraction of sp³-hybridized carbons (Fsp3) is 0.259. The van der Waals surface area contributed by atoms with Crippen LogP contribution in [0.15, 0.2) is 84.9 Å². The van der Waals surface area contributed by atoms with Crippen molar-refractivity contribution in [3.8, 4) is 0 Å². The number of hydrogen-bond acceptors (Lipinski definition) is 2. The van der Waals surface area contributed by atoms with Gasteiger partial charge in [-0.15, -0.1) is 0 Å². The maximum Gasteiger partial charge on any atom is 0.123 e. The van der Waals surface area contributed by atoms with Gasteiger partial charge in [-0.25, -0.2) is 8.78 Å². The van der Waals surface area contributed by atoms with E-state index in [-0.39, 0.29) is 17.7 Å². The summed E-state index contributed by atoms with van der Waals surface area (Å²) in [7, 11) is 0. The van der Waals surface area contributed by atoms with E-state index >= 15 is 0 Å². The zero-order valence-electron chi connectivity index (χ0n) is 17.6. The molecule has 0 aromatic heterocycles. The van der Waals surface area contributed by atoms with E-state index in [2.05, 4.69) is 46.2 Å². The van der Waals surface area contributed by atoms with Gasteiger partial charge in [0, 0.05) is 26.2 Å². The molecule has 0 saturated carbocycles. The zero-order valence-corrected chi connectivity index (χ0v) is 17.6. The van der Waals surface area contributed by atoms with E-state index in [0.29, 0.717) is 0 Å². The lowest BCUT2D eigenvalue weighted by atomic mass is 9.96. The minimum Gasteiger partial charge on any atom is -0.298 e. The third kappa shape index (κ3) is 5.87. The van der Waals surface area contributed by atoms with E-state index in [1.165, 1.54) is 29.8 Å². The fourth-order valence-corrected chi connectivity index (χ4v) is 4.24. The third-order valence-corrected chi connectivity index (χ3v) is 5.83. The summed E-state index contributed by atoms with van der Waals surface area (Å²) in [5.74, 6) is -0.484. The van der Waals surface area contributed by atoms with Crippen molar-refractivity contribution in [2.45, 2.75) is 12.5 Å². The molecule has 1 saturated heterocycles. The topological polar surface area (TPSA) is 6.48 Å². The predicted octanol–water partition coefficient (Wildman–Crippen LogP) is 5.78. The van der Waals surface area contributed by atoms with E-state index in [1.54, 1.807) is 0 Å². The Labute approximate surface area is 183 Å². The highest BCUT2D eigenvalue weighted by molar-refractivity contribution is 5.48. The van der Waals surface area contributed by atoms with Gasteiger partial charge in [-0.2, -0.15) is 0 Å². The van der Waals surface area contributed by atoms with Crippen molar-refractivity contribution in [3.05, 3.63) is 113 Å². The number of hydrogen-bond donors (Lipinski definition) is 0. The van der Waals surface area contributed by atoms with Gasteiger partial charge in [0.1, 0.15) is 11.6 Å². The molecule has 4 rings (SSSR count). The molecule has 0 amide bonds. The second-order valence-electron chi connectivity index (χ2n) is 8.01. The smallest absolute Gasteiger partial charge is 0.123 e. The minimum atomic E-state index is -0.242. The molecule has 1 aliphatic rings. The van der Waals surface area contributed by atoms with Crippen LogP contribution in [0.5, 0.6) is 0 Å². The van der Waals surface area contributed by atoms with Gasteiger partial charge in [0.2, 0.25) is 0 Å². The van der Waals surface area contributed by atoms with Gasteiger partial charge in [0.05, 0.1) is 6.04 Å². The van der Waals surface area contributed by atoms with Gasteiger partial charge in [-0.05, 0) is 53.9 Å². The van der Waals surface area contributed by atoms with Crippen molar-refractivity contribution in [1.82, 2.24) is 9.80 Å². The number of benzene rings is 3. The number of rotatable bonds is 6. The Balaban J connectivity index is 1.47. The van der Waals surface area contributed by atoms with Crippen molar-refractivity contribution in [2.75, 3.05) is 32.7 Å². The lowest BCUT2D eigenvalue weighted by molar-refractivity contribution is 0.228. The van der Waals surface area contributed by atoms with Crippen LogP contribution in [0.25, 0.3) is 6.08 Å². The molecule has 0 bridgehead atoms. The summed E-state index contributed by atoms with van der Waals surface area (Å²) in [5, 5.41) is 0. The summed E-state index contributed by atoms with van der Waals surface area (Å²) in [6, 6.07) is 23.7. The molecule has 31 heavy (non-hydrogen) atoms. The van der Waals surface area contributed by atoms with Crippen molar-refractivity contribution in [2.24, 2.45) is 0 Å². The van der Waals surface area contributed by atoms with Crippen LogP contribution in [0, 0.1) is 11.6 Å². The molecule has 0 aliphatic carbocycles. The summed E-state index contributed by atoms with van der Waals surface area (Å²) in [5.41, 5.74) is 3.28. The molecule has 1 fully saturated rings. The Morgan fingerprint density at radius 3 is 1.94 bits per heavy atom. The number of nitrogens with zero attached hydrogens (tertiary/aromatic N) is 2. The van der Waals surface area contributed by atoms with Gasteiger partial charge >= 0.3 is 0 Å². The average Bonchev–Trinajstić information content (AvgIpc) is 3.03. The summed E-state index contributed by atoms with van der Waals surface area (Å²) < 4.78 is 27.1. The molecule has 3 aromatic carbocycles. The molecule has 3 aromatic rings. The largest absolute Gasteiger partial charge is 0.298 e. The summed E-state index contributed by atoms with van der Waals surface area (Å²) >= 11 is 0. The van der Waals surface area contributed by atoms with Crippen molar-refractivity contribution < 1.29 is 8.78 Å². The highest BCUT2D eigenvalue weighted by Crippen LogP contribution is 2.30. The van der Waals surface area contributed by atoms with Crippen LogP contribution in [-0.4, -0.2) is 42.5 Å². The molecule has 0 spiro atoms. The van der Waals surface area contributed by atoms with Crippen LogP contribution >= 0.6 is 0 Å². The monoisotopic (exact) mass is 418 g/mol. The molecule has 2 nitrogen and oxygen atoms in total. The van der Waals surface area contributed by atoms with E-state index in [9.17, 15) is 8.78 Å². The molecule has 0 radical (unpaired) electrons. The molecule has 1 aliphatic heterocycles. The fourth-order valence-electron chi connectivity index (χ4n) is 4.24. The van der Waals surface area contributed by atoms with E-state index in [1.807, 2.05) is 30.3 Å². The first-order chi connectivity index (χ1) is 15.2. The summed E-state index contributed by atoms with van der Waals surface area (Å²) in [6.07, 6.45) is 5.45. The average molecular weight is 419 g/mol. The molecular weight excluding hydrogens is 390 g/mol. The molecule has 0 unspecified atom stereocenters. The maximum atomic E-state index is 13.5. The summed E-state index contributed by atoms with van der Waals surface area (Å²) in [6.45, 7) is 4.75. The second-order valence-corrected chi connectivity index (χ2v) is 8.01. The number of halogens is 2. The Bertz CT molecular complexity index is 923. The molecule has 1 heterocycles. The van der Waals surface area contributed by atoms with E-state index in [0.717, 1.165) is 50.3 Å². The first kappa shape index (κ1) is 21.4. The van der Waals surface area contributed by atoms with Crippen LogP contribution in [0.2, 0.25) is 0 Å². The summed E-state index contributed by atoms with van der Waals surface area (Å²) in [4.78, 5) is 4.90. The molecule has 0 N–H and O–H groups in total. The normalized spacial score (nSPS) is 16.1. The van der Waals surface area contributed by atoms with E-state index in [4.69, 9.17) is 0 Å². The Morgan fingerprint density at radius 2 is 1.32 bits per heavy atom. The first-order valence-electron chi connectivity index (χ1n) is 10.9. The predicted molar refractivity (Wildman–Crippen MR) is 123 cm³/mol. The SMILES string of the molecule is Fc1ccc(C(c2ccc(F)cc2)N2CCCN(CC=Cc3ccccc3)CC2)cc1. The van der Waals surface area contributed by atoms with Crippen LogP contribution < -0.4 is 0 Å². The quantitative estimate of drug-likeness (QED) is 0.501. The Morgan fingerprint density at radius 1 is 0.710 bits per heavy atom. The van der Waals surface area contributed by atoms with Gasteiger partial charge < -0.3 is 0 Å². The lowest BCUT2D eigenvalue weighted by Crippen LogP contribution is -2.34. The lowest BCUT2D eigenvalue weighted by Gasteiger charge is -2.31. The highest BCUT2D eigenvalue weighted by atomic mass is 19.1. The molecule has 4 heteroatoms. The van der Waals surface area contributed by atoms with Crippen molar-refractivity contribution in [1.29, 1.82) is 0 Å². The molecule has 160 valence electrons. The van der Waals surface area contributed by atoms with Crippen LogP contribution in [0.1, 0.15) is 29.2 Å². The molecule has 0 atom stereocenters. The van der Waals surface area contributed by atoms with Gasteiger partial charge in [0.25, 0.3) is 0 Å². The zero-order chi connectivity index (χ0) is 21.5. The van der Waals surface area contributed by atoms with Crippen molar-refractivity contribution in [3.63, 3.8) is 0 Å². The van der Waals surface area contributed by atoms with Gasteiger partial charge in [-0.3, -0.25) is 9.80 Å². The maximum absolute atomic E-state index is 13.5. The van der Waals surface area contributed by atoms with Crippen LogP contribution in [0.3, 0.4) is 0 Å². The van der Waals surface area contributed by atoms with Crippen molar-refractivity contribution >= 4 is 6.08 Å². The van der Waals surface area contributed by atoms with Crippen LogP contribution in [0.4, 0.5) is 8.78 Å². The van der Waals surface area contributed by atoms with Gasteiger partial charge in [0.15, 0.2) is 0 Å². The standard InChI is InChI=1S/C27H28F2N2/c28-25-13-9-23(10-14-25)27(24-11-15-26(29)16-12-24)31-19-5-18-30(20-21-31)17-4-8-22-6-2-1-3-7-22/h1-4,6-16,27H,5,17-21H2. The third-order valence-electron chi connectivity index (χ3n) is 5.83. The first-order valence-corrected chi connectivity index (χ1v) is 10.9. The highest BCUT2D eigenvalue weighted by Gasteiger charge is 2.25. The van der Waals surface area contributed by atoms with E-state index < -0.39 is 0 Å². The minimum absolute atomic E-state index is 0.0130. The van der Waals surface area contributed by atoms with Crippen LogP contribution in [-0.2, 0) is 0 Å². The molecular formula is C27H28F2N2. The second kappa shape index (κ2) is 10.5. The Kier molecular flexibility index (Phi) is 7.23.